The van der Waals surface area contributed by atoms with Crippen LogP contribution in [0.3, 0.4) is 0 Å². The molecule has 1 saturated carbocycles. The minimum atomic E-state index is -0.0237. The molecule has 0 radical (unpaired) electrons. The van der Waals surface area contributed by atoms with E-state index < -0.39 is 0 Å². The lowest BCUT2D eigenvalue weighted by molar-refractivity contribution is -0.691. The third-order valence-corrected chi connectivity index (χ3v) is 10.1. The Kier molecular flexibility index (Phi) is 9.27. The molecule has 4 nitrogen and oxygen atoms in total. The van der Waals surface area contributed by atoms with Gasteiger partial charge in [0, 0.05) is 18.2 Å². The van der Waals surface area contributed by atoms with Crippen LogP contribution < -0.4 is 35.4 Å². The fourth-order valence-electron chi connectivity index (χ4n) is 8.22. The number of benzene rings is 2. The van der Waals surface area contributed by atoms with Crippen LogP contribution in [-0.4, -0.2) is 43.0 Å². The highest BCUT2D eigenvalue weighted by Crippen LogP contribution is 2.43. The lowest BCUT2D eigenvalue weighted by atomic mass is 9.67. The predicted molar refractivity (Wildman–Crippen MR) is 139 cm³/mol. The van der Waals surface area contributed by atoms with Crippen LogP contribution in [0.4, 0.5) is 0 Å². The van der Waals surface area contributed by atoms with E-state index in [1.54, 1.807) is 0 Å². The summed E-state index contributed by atoms with van der Waals surface area (Å²) in [7, 11) is 0. The van der Waals surface area contributed by atoms with E-state index in [1.807, 2.05) is 0 Å². The van der Waals surface area contributed by atoms with Crippen LogP contribution in [0.2, 0.25) is 0 Å². The standard InChI is InChI=1S/C31H41N3O.2ClH/c1-22-9-8-14-27-26(22)18-32-20-31(27)21-33-19-28(31)30(35)34-16-15-25(23-10-4-2-5-11-23)17-29(34)24-12-6-3-7-13-24;;/h2,4-5,8-11,14,24-25,28-29,32-33H,3,6-7,12-13,15-21H2,1H3;2*1H/t25-,28?,29+,31+;;/m1../s1. The molecule has 37 heavy (non-hydrogen) atoms. The zero-order valence-electron chi connectivity index (χ0n) is 22.2. The van der Waals surface area contributed by atoms with Crippen LogP contribution in [0, 0.1) is 18.8 Å². The van der Waals surface area contributed by atoms with E-state index in [0.717, 1.165) is 45.6 Å². The maximum Gasteiger partial charge on any atom is 0.233 e. The van der Waals surface area contributed by atoms with Gasteiger partial charge in [0.15, 0.2) is 0 Å². The fraction of sp³-hybridized carbons (Fsp3) is 0.581. The Morgan fingerprint density at radius 2 is 1.68 bits per heavy atom. The molecule has 6 heteroatoms. The van der Waals surface area contributed by atoms with Crippen molar-refractivity contribution in [3.05, 3.63) is 70.8 Å². The maximum atomic E-state index is 14.6. The van der Waals surface area contributed by atoms with Crippen LogP contribution in [0.15, 0.2) is 48.5 Å². The van der Waals surface area contributed by atoms with E-state index in [9.17, 15) is 4.79 Å². The monoisotopic (exact) mass is 543 g/mol. The van der Waals surface area contributed by atoms with Crippen LogP contribution in [0.1, 0.15) is 73.1 Å². The number of carbonyl (C=O) groups is 1. The second-order valence-corrected chi connectivity index (χ2v) is 11.9. The molecule has 3 fully saturated rings. The number of quaternary nitrogens is 2. The van der Waals surface area contributed by atoms with Crippen LogP contribution >= 0.6 is 0 Å². The van der Waals surface area contributed by atoms with Gasteiger partial charge in [-0.3, -0.25) is 4.79 Å². The van der Waals surface area contributed by atoms with Crippen molar-refractivity contribution in [1.82, 2.24) is 4.90 Å². The van der Waals surface area contributed by atoms with Gasteiger partial charge in [0.1, 0.15) is 17.9 Å². The first-order chi connectivity index (χ1) is 17.2. The molecule has 6 rings (SSSR count). The molecule has 0 bridgehead atoms. The zero-order chi connectivity index (χ0) is 23.8. The summed E-state index contributed by atoms with van der Waals surface area (Å²) in [4.78, 5) is 17.0. The van der Waals surface area contributed by atoms with Crippen molar-refractivity contribution in [3.8, 4) is 0 Å². The van der Waals surface area contributed by atoms with Crippen LogP contribution in [-0.2, 0) is 16.8 Å². The van der Waals surface area contributed by atoms with E-state index in [1.165, 1.54) is 54.4 Å². The number of aryl methyl sites for hydroxylation is 1. The summed E-state index contributed by atoms with van der Waals surface area (Å²) < 4.78 is 0. The molecule has 4 N–H and O–H groups in total. The van der Waals surface area contributed by atoms with E-state index in [-0.39, 0.29) is 36.1 Å². The lowest BCUT2D eigenvalue weighted by Crippen LogP contribution is -3.00. The zero-order valence-corrected chi connectivity index (χ0v) is 23.7. The molecule has 4 aliphatic rings. The molecule has 1 spiro atoms. The predicted octanol–water partition coefficient (Wildman–Crippen LogP) is -3.13. The summed E-state index contributed by atoms with van der Waals surface area (Å²) in [5, 5.41) is 4.90. The number of halogens is 2. The molecule has 202 valence electrons. The number of carbonyl (C=O) groups excluding carboxylic acids is 1. The van der Waals surface area contributed by atoms with Gasteiger partial charge in [-0.15, -0.1) is 0 Å². The first-order valence-corrected chi connectivity index (χ1v) is 14.2. The second-order valence-electron chi connectivity index (χ2n) is 11.9. The topological polar surface area (TPSA) is 53.5 Å². The van der Waals surface area contributed by atoms with Crippen molar-refractivity contribution in [1.29, 1.82) is 0 Å². The van der Waals surface area contributed by atoms with Crippen molar-refractivity contribution in [2.45, 2.75) is 75.8 Å². The Bertz CT molecular complexity index is 1060. The number of nitrogens with two attached hydrogens (primary N) is 2. The Morgan fingerprint density at radius 1 is 0.919 bits per heavy atom. The van der Waals surface area contributed by atoms with E-state index in [4.69, 9.17) is 0 Å². The van der Waals surface area contributed by atoms with Crippen LogP contribution in [0.5, 0.6) is 0 Å². The normalized spacial score (nSPS) is 29.8. The summed E-state index contributed by atoms with van der Waals surface area (Å²) in [6.07, 6.45) is 8.88. The number of hydrogen-bond acceptors (Lipinski definition) is 1. The van der Waals surface area contributed by atoms with Crippen molar-refractivity contribution in [2.75, 3.05) is 26.2 Å². The van der Waals surface area contributed by atoms with Gasteiger partial charge in [0.05, 0.1) is 19.6 Å². The molecule has 3 aliphatic heterocycles. The van der Waals surface area contributed by atoms with Crippen molar-refractivity contribution in [3.63, 3.8) is 0 Å². The molecule has 4 atom stereocenters. The molecule has 3 heterocycles. The minimum Gasteiger partial charge on any atom is -1.00 e. The Balaban J connectivity index is 0.00000160. The number of amides is 1. The van der Waals surface area contributed by atoms with Gasteiger partial charge in [0.2, 0.25) is 5.91 Å². The van der Waals surface area contributed by atoms with Gasteiger partial charge >= 0.3 is 0 Å². The third-order valence-electron chi connectivity index (χ3n) is 10.1. The van der Waals surface area contributed by atoms with Crippen molar-refractivity contribution in [2.24, 2.45) is 11.8 Å². The fourth-order valence-corrected chi connectivity index (χ4v) is 8.22. The summed E-state index contributed by atoms with van der Waals surface area (Å²) in [6, 6.07) is 18.3. The van der Waals surface area contributed by atoms with Crippen molar-refractivity contribution >= 4 is 5.91 Å². The van der Waals surface area contributed by atoms with Gasteiger partial charge in [0.25, 0.3) is 0 Å². The highest BCUT2D eigenvalue weighted by Gasteiger charge is 2.57. The van der Waals surface area contributed by atoms with Crippen LogP contribution in [0.25, 0.3) is 0 Å². The Morgan fingerprint density at radius 3 is 2.46 bits per heavy atom. The molecular formula is C31H43Cl2N3O. The molecule has 1 amide bonds. The van der Waals surface area contributed by atoms with Gasteiger partial charge < -0.3 is 40.3 Å². The Labute approximate surface area is 235 Å². The first-order valence-electron chi connectivity index (χ1n) is 14.2. The molecule has 2 saturated heterocycles. The van der Waals surface area contributed by atoms with E-state index >= 15 is 0 Å². The second kappa shape index (κ2) is 12.1. The smallest absolute Gasteiger partial charge is 0.233 e. The number of hydrogen-bond donors (Lipinski definition) is 2. The summed E-state index contributed by atoms with van der Waals surface area (Å²) in [6.45, 7) is 7.26. The largest absolute Gasteiger partial charge is 1.00 e. The third kappa shape index (κ3) is 5.20. The van der Waals surface area contributed by atoms with Gasteiger partial charge in [-0.1, -0.05) is 67.8 Å². The quantitative estimate of drug-likeness (QED) is 0.422. The average Bonchev–Trinajstić information content (AvgIpc) is 3.33. The maximum absolute atomic E-state index is 14.6. The highest BCUT2D eigenvalue weighted by molar-refractivity contribution is 5.82. The molecular weight excluding hydrogens is 501 g/mol. The highest BCUT2D eigenvalue weighted by atomic mass is 35.5. The summed E-state index contributed by atoms with van der Waals surface area (Å²) in [5.74, 6) is 1.82. The van der Waals surface area contributed by atoms with Gasteiger partial charge in [-0.25, -0.2) is 0 Å². The summed E-state index contributed by atoms with van der Waals surface area (Å²) >= 11 is 0. The molecule has 2 aromatic rings. The average molecular weight is 545 g/mol. The molecule has 2 aromatic carbocycles. The summed E-state index contributed by atoms with van der Waals surface area (Å²) in [5.41, 5.74) is 5.79. The number of likely N-dealkylation sites (tertiary alicyclic amines) is 1. The Hall–Kier alpha value is -1.59. The first kappa shape index (κ1) is 28.4. The van der Waals surface area contributed by atoms with Gasteiger partial charge in [-0.05, 0) is 61.1 Å². The van der Waals surface area contributed by atoms with E-state index in [2.05, 4.69) is 71.0 Å². The van der Waals surface area contributed by atoms with Gasteiger partial charge in [-0.2, -0.15) is 0 Å². The number of piperidine rings is 1. The number of nitrogens with zero attached hydrogens (tertiary/aromatic N) is 1. The van der Waals surface area contributed by atoms with Crippen molar-refractivity contribution < 1.29 is 40.2 Å². The minimum absolute atomic E-state index is 0. The van der Waals surface area contributed by atoms with E-state index in [0.29, 0.717) is 23.8 Å². The SMILES string of the molecule is Cc1cccc2c1C[NH2+]C[C@]21C[NH2+]CC1C(=O)N1CC[C@@H](c2ccccc2)C[C@H]1C1CCCCC1.[Cl-].[Cl-]. The lowest BCUT2D eigenvalue weighted by Gasteiger charge is -2.47. The molecule has 1 aliphatic carbocycles. The molecule has 1 unspecified atom stereocenters. The molecule has 0 aromatic heterocycles. The number of rotatable bonds is 3. The number of fused-ring (bicyclic) bond motifs is 2.